The molecule has 1 aromatic heterocycles. The van der Waals surface area contributed by atoms with Crippen molar-refractivity contribution in [1.82, 2.24) is 14.7 Å². The summed E-state index contributed by atoms with van der Waals surface area (Å²) in [7, 11) is 0. The highest BCUT2D eigenvalue weighted by Gasteiger charge is 2.26. The third-order valence-electron chi connectivity index (χ3n) is 5.13. The molecule has 1 N–H and O–H groups in total. The second-order valence-corrected chi connectivity index (χ2v) is 10.3. The lowest BCUT2D eigenvalue weighted by Gasteiger charge is -2.26. The van der Waals surface area contributed by atoms with Gasteiger partial charge in [0.25, 0.3) is 5.91 Å². The summed E-state index contributed by atoms with van der Waals surface area (Å²) in [6.07, 6.45) is 0. The van der Waals surface area contributed by atoms with E-state index in [1.165, 1.54) is 4.90 Å². The van der Waals surface area contributed by atoms with E-state index in [0.717, 1.165) is 5.69 Å². The molecule has 6 nitrogen and oxygen atoms in total. The second kappa shape index (κ2) is 10.1. The zero-order valence-electron chi connectivity index (χ0n) is 19.4. The van der Waals surface area contributed by atoms with Crippen LogP contribution in [0.15, 0.2) is 59.1 Å². The van der Waals surface area contributed by atoms with Crippen LogP contribution in [0, 0.1) is 0 Å². The first-order valence-electron chi connectivity index (χ1n) is 10.7. The molecule has 0 saturated heterocycles. The Bertz CT molecular complexity index is 1170. The summed E-state index contributed by atoms with van der Waals surface area (Å²) in [5.41, 5.74) is 1.75. The van der Waals surface area contributed by atoms with Crippen molar-refractivity contribution in [3.05, 3.63) is 75.4 Å². The van der Waals surface area contributed by atoms with Crippen LogP contribution in [-0.4, -0.2) is 39.1 Å². The van der Waals surface area contributed by atoms with E-state index in [2.05, 4.69) is 42.0 Å². The Morgan fingerprint density at radius 3 is 2.36 bits per heavy atom. The highest BCUT2D eigenvalue weighted by atomic mass is 79.9. The molecule has 33 heavy (non-hydrogen) atoms. The molecule has 0 aliphatic heterocycles. The van der Waals surface area contributed by atoms with Gasteiger partial charge in [0.2, 0.25) is 5.91 Å². The number of aromatic nitrogens is 2. The average molecular weight is 532 g/mol. The minimum absolute atomic E-state index is 0.101. The summed E-state index contributed by atoms with van der Waals surface area (Å²) < 4.78 is 2.32. The van der Waals surface area contributed by atoms with Gasteiger partial charge in [-0.05, 0) is 54.0 Å². The maximum atomic E-state index is 13.1. The highest BCUT2D eigenvalue weighted by Crippen LogP contribution is 2.29. The SMILES string of the molecule is CC(C)N(CC(=O)Nc1cc(C(C)(C)C)nn1-c1ccccc1Cl)C(=O)c1ccccc1Br. The quantitative estimate of drug-likeness (QED) is 0.419. The van der Waals surface area contributed by atoms with Gasteiger partial charge >= 0.3 is 0 Å². The van der Waals surface area contributed by atoms with Crippen molar-refractivity contribution in [2.75, 3.05) is 11.9 Å². The van der Waals surface area contributed by atoms with E-state index < -0.39 is 0 Å². The molecule has 3 aromatic rings. The summed E-state index contributed by atoms with van der Waals surface area (Å²) in [6, 6.07) is 16.2. The smallest absolute Gasteiger partial charge is 0.255 e. The van der Waals surface area contributed by atoms with Gasteiger partial charge in [0.1, 0.15) is 12.4 Å². The van der Waals surface area contributed by atoms with E-state index in [-0.39, 0.29) is 29.8 Å². The number of anilines is 1. The van der Waals surface area contributed by atoms with Crippen molar-refractivity contribution in [1.29, 1.82) is 0 Å². The minimum atomic E-state index is -0.322. The molecule has 0 aliphatic carbocycles. The number of carbonyl (C=O) groups is 2. The van der Waals surface area contributed by atoms with E-state index in [4.69, 9.17) is 16.7 Å². The van der Waals surface area contributed by atoms with Gasteiger partial charge < -0.3 is 10.2 Å². The van der Waals surface area contributed by atoms with E-state index in [1.54, 1.807) is 22.9 Å². The van der Waals surface area contributed by atoms with Crippen molar-refractivity contribution < 1.29 is 9.59 Å². The summed E-state index contributed by atoms with van der Waals surface area (Å²) in [6.45, 7) is 9.82. The normalized spacial score (nSPS) is 11.5. The van der Waals surface area contributed by atoms with Crippen molar-refractivity contribution in [2.45, 2.75) is 46.1 Å². The number of para-hydroxylation sites is 1. The monoisotopic (exact) mass is 530 g/mol. The van der Waals surface area contributed by atoms with Crippen molar-refractivity contribution in [3.8, 4) is 5.69 Å². The van der Waals surface area contributed by atoms with Crippen LogP contribution in [0.5, 0.6) is 0 Å². The first-order valence-corrected chi connectivity index (χ1v) is 11.9. The summed E-state index contributed by atoms with van der Waals surface area (Å²) in [5, 5.41) is 8.16. The standard InChI is InChI=1S/C25H28BrClN4O2/c1-16(2)30(24(33)17-10-6-7-11-18(17)26)15-23(32)28-22-14-21(25(3,4)5)29-31(22)20-13-9-8-12-19(20)27/h6-14,16H,15H2,1-5H3,(H,28,32). The van der Waals surface area contributed by atoms with Gasteiger partial charge in [0, 0.05) is 22.0 Å². The fourth-order valence-corrected chi connectivity index (χ4v) is 3.93. The molecule has 1 heterocycles. The predicted molar refractivity (Wildman–Crippen MR) is 136 cm³/mol. The van der Waals surface area contributed by atoms with Crippen LogP contribution in [0.4, 0.5) is 5.82 Å². The van der Waals surface area contributed by atoms with Gasteiger partial charge in [-0.1, -0.05) is 56.6 Å². The second-order valence-electron chi connectivity index (χ2n) is 9.08. The molecule has 0 radical (unpaired) electrons. The molecular weight excluding hydrogens is 504 g/mol. The molecule has 0 unspecified atom stereocenters. The number of hydrogen-bond donors (Lipinski definition) is 1. The maximum absolute atomic E-state index is 13.1. The Labute approximate surface area is 208 Å². The van der Waals surface area contributed by atoms with Crippen LogP contribution in [0.25, 0.3) is 5.69 Å². The predicted octanol–water partition coefficient (Wildman–Crippen LogP) is 6.08. The van der Waals surface area contributed by atoms with E-state index in [0.29, 0.717) is 26.6 Å². The van der Waals surface area contributed by atoms with Crippen LogP contribution >= 0.6 is 27.5 Å². The minimum Gasteiger partial charge on any atom is -0.327 e. The van der Waals surface area contributed by atoms with Crippen molar-refractivity contribution in [3.63, 3.8) is 0 Å². The van der Waals surface area contributed by atoms with Gasteiger partial charge in [0.15, 0.2) is 0 Å². The van der Waals surface area contributed by atoms with Gasteiger partial charge in [-0.3, -0.25) is 9.59 Å². The lowest BCUT2D eigenvalue weighted by Crippen LogP contribution is -2.42. The summed E-state index contributed by atoms with van der Waals surface area (Å²) in [5.74, 6) is -0.0459. The van der Waals surface area contributed by atoms with Crippen LogP contribution in [-0.2, 0) is 10.2 Å². The molecule has 2 amide bonds. The molecule has 2 aromatic carbocycles. The van der Waals surface area contributed by atoms with Crippen LogP contribution in [0.1, 0.15) is 50.7 Å². The van der Waals surface area contributed by atoms with Gasteiger partial charge in [-0.15, -0.1) is 0 Å². The van der Waals surface area contributed by atoms with Crippen LogP contribution < -0.4 is 5.32 Å². The zero-order chi connectivity index (χ0) is 24.3. The van der Waals surface area contributed by atoms with E-state index in [1.807, 2.05) is 50.2 Å². The Balaban J connectivity index is 1.90. The third kappa shape index (κ3) is 5.84. The molecule has 0 saturated carbocycles. The Morgan fingerprint density at radius 1 is 1.12 bits per heavy atom. The highest BCUT2D eigenvalue weighted by molar-refractivity contribution is 9.10. The lowest BCUT2D eigenvalue weighted by molar-refractivity contribution is -0.117. The molecular formula is C25H28BrClN4O2. The fraction of sp³-hybridized carbons (Fsp3) is 0.320. The van der Waals surface area contributed by atoms with E-state index in [9.17, 15) is 9.59 Å². The Hall–Kier alpha value is -2.64. The van der Waals surface area contributed by atoms with Gasteiger partial charge in [-0.25, -0.2) is 4.68 Å². The molecule has 0 bridgehead atoms. The summed E-state index contributed by atoms with van der Waals surface area (Å²) in [4.78, 5) is 27.8. The van der Waals surface area contributed by atoms with Crippen LogP contribution in [0.2, 0.25) is 5.02 Å². The first kappa shape index (κ1) is 25.0. The van der Waals surface area contributed by atoms with Gasteiger partial charge in [-0.2, -0.15) is 5.10 Å². The lowest BCUT2D eigenvalue weighted by atomic mass is 9.92. The topological polar surface area (TPSA) is 67.2 Å². The van der Waals surface area contributed by atoms with Crippen molar-refractivity contribution in [2.24, 2.45) is 0 Å². The van der Waals surface area contributed by atoms with E-state index >= 15 is 0 Å². The maximum Gasteiger partial charge on any atom is 0.255 e. The third-order valence-corrected chi connectivity index (χ3v) is 6.14. The fourth-order valence-electron chi connectivity index (χ4n) is 3.26. The Kier molecular flexibility index (Phi) is 7.65. The average Bonchev–Trinajstić information content (AvgIpc) is 3.16. The molecule has 8 heteroatoms. The molecule has 174 valence electrons. The number of halogens is 2. The molecule has 0 spiro atoms. The number of carbonyl (C=O) groups excluding carboxylic acids is 2. The molecule has 0 fully saturated rings. The van der Waals surface area contributed by atoms with Gasteiger partial charge in [0.05, 0.1) is 22.0 Å². The molecule has 0 atom stereocenters. The molecule has 0 aliphatic rings. The summed E-state index contributed by atoms with van der Waals surface area (Å²) >= 11 is 9.84. The number of rotatable bonds is 6. The number of hydrogen-bond acceptors (Lipinski definition) is 3. The largest absolute Gasteiger partial charge is 0.327 e. The van der Waals surface area contributed by atoms with Crippen LogP contribution in [0.3, 0.4) is 0 Å². The zero-order valence-corrected chi connectivity index (χ0v) is 21.7. The Morgan fingerprint density at radius 2 is 1.76 bits per heavy atom. The van der Waals surface area contributed by atoms with Crippen molar-refractivity contribution >= 4 is 45.2 Å². The first-order chi connectivity index (χ1) is 15.5. The number of amides is 2. The number of nitrogens with one attached hydrogen (secondary N) is 1. The number of nitrogens with zero attached hydrogens (tertiary/aromatic N) is 3. The number of benzene rings is 2. The molecule has 3 rings (SSSR count).